The highest BCUT2D eigenvalue weighted by molar-refractivity contribution is 5.93. The first-order valence-electron chi connectivity index (χ1n) is 33.7. The third-order valence-electron chi connectivity index (χ3n) is 20.2. The Hall–Kier alpha value is -12.8. The van der Waals surface area contributed by atoms with Gasteiger partial charge in [-0.05, 0) is 174 Å². The van der Waals surface area contributed by atoms with Crippen molar-refractivity contribution in [2.24, 2.45) is 0 Å². The molecule has 16 aromatic rings. The molecule has 460 valence electrons. The van der Waals surface area contributed by atoms with Gasteiger partial charge in [-0.2, -0.15) is 0 Å². The summed E-state index contributed by atoms with van der Waals surface area (Å²) in [6, 6.07) is 141. The van der Waals surface area contributed by atoms with Gasteiger partial charge in [-0.25, -0.2) is 9.97 Å². The van der Waals surface area contributed by atoms with Crippen molar-refractivity contribution in [3.8, 4) is 67.0 Å². The summed E-state index contributed by atoms with van der Waals surface area (Å²) in [4.78, 5) is 15.5. The molecular formula is C94H64N4. The van der Waals surface area contributed by atoms with E-state index in [1.54, 1.807) is 0 Å². The Morgan fingerprint density at radius 2 is 0.429 bits per heavy atom. The molecule has 0 saturated heterocycles. The number of aromatic nitrogens is 2. The van der Waals surface area contributed by atoms with Crippen LogP contribution in [-0.4, -0.2) is 9.97 Å². The molecule has 0 radical (unpaired) electrons. The number of para-hydroxylation sites is 4. The van der Waals surface area contributed by atoms with Gasteiger partial charge in [0.25, 0.3) is 0 Å². The van der Waals surface area contributed by atoms with Gasteiger partial charge in [-0.3, -0.25) is 0 Å². The van der Waals surface area contributed by atoms with Gasteiger partial charge in [-0.1, -0.05) is 303 Å². The molecule has 0 fully saturated rings. The average molecular weight is 1250 g/mol. The Morgan fingerprint density at radius 3 is 0.765 bits per heavy atom. The summed E-state index contributed by atoms with van der Waals surface area (Å²) in [5.74, 6) is 0. The summed E-state index contributed by atoms with van der Waals surface area (Å²) in [5, 5.41) is 0. The van der Waals surface area contributed by atoms with Crippen LogP contribution in [0.3, 0.4) is 0 Å². The zero-order chi connectivity index (χ0) is 65.0. The summed E-state index contributed by atoms with van der Waals surface area (Å²) in [7, 11) is 0. The molecule has 0 N–H and O–H groups in total. The number of hydrogen-bond donors (Lipinski definition) is 0. The van der Waals surface area contributed by atoms with Gasteiger partial charge in [0.2, 0.25) is 0 Å². The number of benzene rings is 15. The maximum atomic E-state index is 5.34. The van der Waals surface area contributed by atoms with E-state index in [1.165, 1.54) is 66.8 Å². The molecule has 4 nitrogen and oxygen atoms in total. The molecule has 4 heteroatoms. The summed E-state index contributed by atoms with van der Waals surface area (Å²) in [6.07, 6.45) is 0. The fourth-order valence-corrected chi connectivity index (χ4v) is 15.8. The number of hydrogen-bond acceptors (Lipinski definition) is 4. The largest absolute Gasteiger partial charge is 0.310 e. The average Bonchev–Trinajstić information content (AvgIpc) is 1.54. The molecule has 98 heavy (non-hydrogen) atoms. The van der Waals surface area contributed by atoms with Gasteiger partial charge >= 0.3 is 0 Å². The first-order chi connectivity index (χ1) is 48.6. The molecule has 0 bridgehead atoms. The highest BCUT2D eigenvalue weighted by Gasteiger charge is 2.48. The topological polar surface area (TPSA) is 32.3 Å². The maximum Gasteiger partial charge on any atom is 0.0973 e. The van der Waals surface area contributed by atoms with E-state index >= 15 is 0 Å². The zero-order valence-corrected chi connectivity index (χ0v) is 53.7. The molecule has 1 aromatic heterocycles. The van der Waals surface area contributed by atoms with Gasteiger partial charge in [0.1, 0.15) is 0 Å². The van der Waals surface area contributed by atoms with E-state index in [-0.39, 0.29) is 0 Å². The fraction of sp³-hybridized carbons (Fsp3) is 0.0213. The second kappa shape index (κ2) is 24.2. The van der Waals surface area contributed by atoms with Crippen molar-refractivity contribution in [2.45, 2.75) is 10.8 Å². The Bertz CT molecular complexity index is 5140. The Kier molecular flexibility index (Phi) is 14.3. The smallest absolute Gasteiger partial charge is 0.0973 e. The van der Waals surface area contributed by atoms with Crippen LogP contribution < -0.4 is 9.80 Å². The SMILES string of the molecule is c1ccc(N(c2ccc(-c3ccc(-c4nc5ccccc5nc4-c4ccc(-c5ccc(N(c6ccccc6)c6ccc7c(c6)C(c6ccccc6)(c6ccccc6)c6ccccc6-7)cc5)cc4)cc3)cc2)c2ccc3c(c2)C(c2ccccc2)(c2ccccc2)c2ccccc2-3)cc1. The standard InChI is InChI=1S/C94H64N4/c1-7-25-71(26-8-1)93(72-27-9-2-10-28-72)85-39-21-19-37-81(85)83-61-59-79(63-87(83)93)97(75-33-15-5-16-34-75)77-55-51-67(52-56-77)65-43-47-69(48-44-65)91-92(96-90-42-24-23-41-89(90)95-91)70-49-45-66(46-50-70)68-53-57-78(58-54-68)98(76-35-17-6-18-36-76)80-60-62-84-82-38-20-22-40-86(82)94(88(84)64-80,73-29-11-3-12-30-73)74-31-13-4-14-32-74/h1-64H. The lowest BCUT2D eigenvalue weighted by atomic mass is 9.67. The van der Waals surface area contributed by atoms with E-state index in [1.807, 2.05) is 24.3 Å². The predicted octanol–water partition coefficient (Wildman–Crippen LogP) is 24.0. The van der Waals surface area contributed by atoms with Crippen LogP contribution in [0, 0.1) is 0 Å². The van der Waals surface area contributed by atoms with Crippen molar-refractivity contribution in [3.05, 3.63) is 433 Å². The van der Waals surface area contributed by atoms with Crippen molar-refractivity contribution < 1.29 is 0 Å². The van der Waals surface area contributed by atoms with Gasteiger partial charge in [0.05, 0.1) is 33.3 Å². The first kappa shape index (κ1) is 57.9. The van der Waals surface area contributed by atoms with Crippen LogP contribution in [0.15, 0.2) is 388 Å². The number of anilines is 6. The van der Waals surface area contributed by atoms with Crippen LogP contribution in [0.1, 0.15) is 44.5 Å². The summed E-state index contributed by atoms with van der Waals surface area (Å²) >= 11 is 0. The number of nitrogens with zero attached hydrogens (tertiary/aromatic N) is 4. The van der Waals surface area contributed by atoms with Crippen LogP contribution in [0.4, 0.5) is 34.1 Å². The summed E-state index contributed by atoms with van der Waals surface area (Å²) < 4.78 is 0. The second-order valence-electron chi connectivity index (χ2n) is 25.5. The van der Waals surface area contributed by atoms with Crippen molar-refractivity contribution in [3.63, 3.8) is 0 Å². The molecular weight excluding hydrogens is 1190 g/mol. The molecule has 0 atom stereocenters. The van der Waals surface area contributed by atoms with Crippen LogP contribution in [-0.2, 0) is 10.8 Å². The molecule has 0 spiro atoms. The molecule has 0 amide bonds. The lowest BCUT2D eigenvalue weighted by molar-refractivity contribution is 0.768. The van der Waals surface area contributed by atoms with E-state index in [0.717, 1.165) is 89.9 Å². The summed E-state index contributed by atoms with van der Waals surface area (Å²) in [6.45, 7) is 0. The van der Waals surface area contributed by atoms with E-state index < -0.39 is 10.8 Å². The van der Waals surface area contributed by atoms with E-state index in [4.69, 9.17) is 9.97 Å². The highest BCUT2D eigenvalue weighted by atomic mass is 15.1. The van der Waals surface area contributed by atoms with E-state index in [2.05, 4.69) is 374 Å². The van der Waals surface area contributed by atoms with Crippen LogP contribution in [0.5, 0.6) is 0 Å². The van der Waals surface area contributed by atoms with Crippen LogP contribution in [0.2, 0.25) is 0 Å². The Labute approximate surface area is 572 Å². The zero-order valence-electron chi connectivity index (χ0n) is 53.7. The molecule has 1 heterocycles. The van der Waals surface area contributed by atoms with Crippen molar-refractivity contribution in [2.75, 3.05) is 9.80 Å². The summed E-state index contributed by atoms with van der Waals surface area (Å²) in [5.41, 5.74) is 30.4. The highest BCUT2D eigenvalue weighted by Crippen LogP contribution is 2.59. The monoisotopic (exact) mass is 1250 g/mol. The minimum absolute atomic E-state index is 0.516. The molecule has 15 aromatic carbocycles. The quantitative estimate of drug-likeness (QED) is 0.109. The molecule has 18 rings (SSSR count). The minimum atomic E-state index is -0.516. The molecule has 2 aliphatic rings. The molecule has 0 aliphatic heterocycles. The van der Waals surface area contributed by atoms with Crippen LogP contribution >= 0.6 is 0 Å². The first-order valence-corrected chi connectivity index (χ1v) is 33.7. The third-order valence-corrected chi connectivity index (χ3v) is 20.2. The van der Waals surface area contributed by atoms with Gasteiger partial charge in [0, 0.05) is 45.3 Å². The maximum absolute atomic E-state index is 5.34. The normalized spacial score (nSPS) is 12.9. The predicted molar refractivity (Wildman–Crippen MR) is 405 cm³/mol. The Balaban J connectivity index is 0.650. The molecule has 0 saturated carbocycles. The lowest BCUT2D eigenvalue weighted by Gasteiger charge is -2.35. The fourth-order valence-electron chi connectivity index (χ4n) is 15.8. The van der Waals surface area contributed by atoms with E-state index in [9.17, 15) is 0 Å². The van der Waals surface area contributed by atoms with E-state index in [0.29, 0.717) is 0 Å². The van der Waals surface area contributed by atoms with Crippen molar-refractivity contribution in [1.29, 1.82) is 0 Å². The number of rotatable bonds is 14. The minimum Gasteiger partial charge on any atom is -0.310 e. The Morgan fingerprint density at radius 1 is 0.184 bits per heavy atom. The molecule has 2 aliphatic carbocycles. The van der Waals surface area contributed by atoms with Gasteiger partial charge in [-0.15, -0.1) is 0 Å². The van der Waals surface area contributed by atoms with Crippen LogP contribution in [0.25, 0.3) is 78.1 Å². The third kappa shape index (κ3) is 9.59. The van der Waals surface area contributed by atoms with Crippen molar-refractivity contribution >= 4 is 45.2 Å². The lowest BCUT2D eigenvalue weighted by Crippen LogP contribution is -2.28. The van der Waals surface area contributed by atoms with Gasteiger partial charge in [0.15, 0.2) is 0 Å². The van der Waals surface area contributed by atoms with Gasteiger partial charge < -0.3 is 9.80 Å². The molecule has 0 unspecified atom stereocenters. The van der Waals surface area contributed by atoms with Crippen molar-refractivity contribution in [1.82, 2.24) is 9.97 Å². The second-order valence-corrected chi connectivity index (χ2v) is 25.5. The number of fused-ring (bicyclic) bond motifs is 7.